The van der Waals surface area contributed by atoms with Gasteiger partial charge in [-0.15, -0.1) is 0 Å². The van der Waals surface area contributed by atoms with Gasteiger partial charge >= 0.3 is 0 Å². The molecule has 1 aromatic carbocycles. The lowest BCUT2D eigenvalue weighted by atomic mass is 10.0. The van der Waals surface area contributed by atoms with Gasteiger partial charge in [-0.25, -0.2) is 0 Å². The molecule has 1 aliphatic rings. The van der Waals surface area contributed by atoms with Crippen molar-refractivity contribution in [2.75, 3.05) is 18.4 Å². The highest BCUT2D eigenvalue weighted by atomic mass is 16.1. The van der Waals surface area contributed by atoms with E-state index in [9.17, 15) is 4.79 Å². The number of rotatable bonds is 8. The third-order valence-electron chi connectivity index (χ3n) is 4.08. The molecule has 3 nitrogen and oxygen atoms in total. The monoisotopic (exact) mass is 288 g/mol. The molecule has 2 rings (SSSR count). The molecule has 2 N–H and O–H groups in total. The van der Waals surface area contributed by atoms with E-state index in [2.05, 4.69) is 30.5 Å². The van der Waals surface area contributed by atoms with Crippen LogP contribution >= 0.6 is 0 Å². The van der Waals surface area contributed by atoms with Gasteiger partial charge in [-0.05, 0) is 36.5 Å². The molecule has 0 aliphatic carbocycles. The Bertz CT molecular complexity index is 468. The van der Waals surface area contributed by atoms with E-state index in [0.29, 0.717) is 0 Å². The third-order valence-corrected chi connectivity index (χ3v) is 4.08. The smallest absolute Gasteiger partial charge is 0.251 e. The molecule has 0 saturated heterocycles. The second kappa shape index (κ2) is 8.06. The van der Waals surface area contributed by atoms with E-state index in [4.69, 9.17) is 0 Å². The van der Waals surface area contributed by atoms with Crippen LogP contribution in [0.15, 0.2) is 18.2 Å². The number of nitrogens with one attached hydrogen (secondary N) is 2. The van der Waals surface area contributed by atoms with Crippen molar-refractivity contribution in [2.24, 2.45) is 5.92 Å². The Balaban J connectivity index is 1.63. The highest BCUT2D eigenvalue weighted by Gasteiger charge is 2.12. The van der Waals surface area contributed by atoms with Crippen molar-refractivity contribution >= 4 is 11.6 Å². The average Bonchev–Trinajstić information content (AvgIpc) is 2.93. The summed E-state index contributed by atoms with van der Waals surface area (Å²) >= 11 is 0. The first-order chi connectivity index (χ1) is 10.2. The fourth-order valence-electron chi connectivity index (χ4n) is 2.77. The van der Waals surface area contributed by atoms with Crippen LogP contribution in [-0.2, 0) is 6.42 Å². The standard InChI is InChI=1S/C18H28N2O/c1-14(2)7-5-3-4-6-11-20-18(21)16-9-8-15-10-12-19-17(15)13-16/h8-9,13-14,19H,3-7,10-12H2,1-2H3,(H,20,21). The SMILES string of the molecule is CC(C)CCCCCCNC(=O)c1ccc2c(c1)NCC2. The number of anilines is 1. The van der Waals surface area contributed by atoms with Crippen molar-refractivity contribution in [3.63, 3.8) is 0 Å². The van der Waals surface area contributed by atoms with Crippen molar-refractivity contribution < 1.29 is 4.79 Å². The molecule has 1 aliphatic heterocycles. The highest BCUT2D eigenvalue weighted by molar-refractivity contribution is 5.95. The zero-order valence-corrected chi connectivity index (χ0v) is 13.4. The van der Waals surface area contributed by atoms with E-state index >= 15 is 0 Å². The number of carbonyl (C=O) groups is 1. The maximum Gasteiger partial charge on any atom is 0.251 e. The second-order valence-electron chi connectivity index (χ2n) is 6.40. The number of fused-ring (bicyclic) bond motifs is 1. The van der Waals surface area contributed by atoms with E-state index < -0.39 is 0 Å². The molecule has 1 aromatic rings. The van der Waals surface area contributed by atoms with E-state index in [1.165, 1.54) is 31.2 Å². The summed E-state index contributed by atoms with van der Waals surface area (Å²) in [5, 5.41) is 6.34. The summed E-state index contributed by atoms with van der Waals surface area (Å²) in [4.78, 5) is 12.1. The Hall–Kier alpha value is -1.51. The van der Waals surface area contributed by atoms with Crippen LogP contribution in [0.25, 0.3) is 0 Å². The van der Waals surface area contributed by atoms with Crippen molar-refractivity contribution in [1.82, 2.24) is 5.32 Å². The molecule has 1 heterocycles. The molecule has 116 valence electrons. The van der Waals surface area contributed by atoms with Crippen LogP contribution in [0.3, 0.4) is 0 Å². The fourth-order valence-corrected chi connectivity index (χ4v) is 2.77. The molecule has 3 heteroatoms. The van der Waals surface area contributed by atoms with E-state index in [1.807, 2.05) is 12.1 Å². The first-order valence-corrected chi connectivity index (χ1v) is 8.32. The fraction of sp³-hybridized carbons (Fsp3) is 0.611. The molecular formula is C18H28N2O. The molecule has 0 aromatic heterocycles. The minimum absolute atomic E-state index is 0.0497. The summed E-state index contributed by atoms with van der Waals surface area (Å²) in [7, 11) is 0. The van der Waals surface area contributed by atoms with Crippen LogP contribution < -0.4 is 10.6 Å². The topological polar surface area (TPSA) is 41.1 Å². The maximum absolute atomic E-state index is 12.1. The quantitative estimate of drug-likeness (QED) is 0.710. The van der Waals surface area contributed by atoms with Crippen LogP contribution in [0.1, 0.15) is 61.9 Å². The first-order valence-electron chi connectivity index (χ1n) is 8.32. The normalized spacial score (nSPS) is 13.1. The third kappa shape index (κ3) is 5.07. The summed E-state index contributed by atoms with van der Waals surface area (Å²) in [6, 6.07) is 5.97. The average molecular weight is 288 g/mol. The number of amides is 1. The van der Waals surface area contributed by atoms with E-state index in [0.717, 1.165) is 43.1 Å². The van der Waals surface area contributed by atoms with Gasteiger partial charge in [0, 0.05) is 24.3 Å². The Morgan fingerprint density at radius 1 is 1.24 bits per heavy atom. The molecule has 0 spiro atoms. The molecule has 1 amide bonds. The van der Waals surface area contributed by atoms with Crippen LogP contribution in [0.2, 0.25) is 0 Å². The molecule has 0 fully saturated rings. The number of unbranched alkanes of at least 4 members (excludes halogenated alkanes) is 3. The van der Waals surface area contributed by atoms with Gasteiger partial charge in [-0.1, -0.05) is 45.6 Å². The summed E-state index contributed by atoms with van der Waals surface area (Å²) in [6.45, 7) is 6.30. The molecule has 0 radical (unpaired) electrons. The molecule has 0 unspecified atom stereocenters. The minimum atomic E-state index is 0.0497. The van der Waals surface area contributed by atoms with Gasteiger partial charge in [-0.3, -0.25) is 4.79 Å². The molecule has 21 heavy (non-hydrogen) atoms. The van der Waals surface area contributed by atoms with Gasteiger partial charge in [0.25, 0.3) is 5.91 Å². The van der Waals surface area contributed by atoms with Crippen molar-refractivity contribution in [1.29, 1.82) is 0 Å². The number of hydrogen-bond acceptors (Lipinski definition) is 2. The summed E-state index contributed by atoms with van der Waals surface area (Å²) in [5.41, 5.74) is 3.20. The second-order valence-corrected chi connectivity index (χ2v) is 6.40. The first kappa shape index (κ1) is 15.9. The number of hydrogen-bond donors (Lipinski definition) is 2. The van der Waals surface area contributed by atoms with Crippen LogP contribution in [0, 0.1) is 5.92 Å². The summed E-state index contributed by atoms with van der Waals surface area (Å²) < 4.78 is 0. The Morgan fingerprint density at radius 2 is 2.05 bits per heavy atom. The Morgan fingerprint density at radius 3 is 2.86 bits per heavy atom. The lowest BCUT2D eigenvalue weighted by molar-refractivity contribution is 0.0953. The minimum Gasteiger partial charge on any atom is -0.384 e. The van der Waals surface area contributed by atoms with Crippen LogP contribution in [0.4, 0.5) is 5.69 Å². The van der Waals surface area contributed by atoms with E-state index in [1.54, 1.807) is 0 Å². The lowest BCUT2D eigenvalue weighted by Gasteiger charge is -2.08. The predicted molar refractivity (Wildman–Crippen MR) is 88.9 cm³/mol. The number of benzene rings is 1. The molecule has 0 saturated carbocycles. The van der Waals surface area contributed by atoms with Crippen molar-refractivity contribution in [3.05, 3.63) is 29.3 Å². The Kier molecular flexibility index (Phi) is 6.09. The molecular weight excluding hydrogens is 260 g/mol. The zero-order chi connectivity index (χ0) is 15.1. The van der Waals surface area contributed by atoms with Gasteiger partial charge < -0.3 is 10.6 Å². The highest BCUT2D eigenvalue weighted by Crippen LogP contribution is 2.23. The number of carbonyl (C=O) groups excluding carboxylic acids is 1. The molecule has 0 bridgehead atoms. The van der Waals surface area contributed by atoms with Gasteiger partial charge in [0.1, 0.15) is 0 Å². The van der Waals surface area contributed by atoms with Crippen molar-refractivity contribution in [3.8, 4) is 0 Å². The predicted octanol–water partition coefficient (Wildman–Crippen LogP) is 3.99. The summed E-state index contributed by atoms with van der Waals surface area (Å²) in [6.07, 6.45) is 7.24. The summed E-state index contributed by atoms with van der Waals surface area (Å²) in [5.74, 6) is 0.854. The van der Waals surface area contributed by atoms with Gasteiger partial charge in [0.15, 0.2) is 0 Å². The molecule has 0 atom stereocenters. The lowest BCUT2D eigenvalue weighted by Crippen LogP contribution is -2.24. The van der Waals surface area contributed by atoms with Crippen molar-refractivity contribution in [2.45, 2.75) is 52.4 Å². The van der Waals surface area contributed by atoms with Crippen LogP contribution in [0.5, 0.6) is 0 Å². The Labute approximate surface area is 128 Å². The zero-order valence-electron chi connectivity index (χ0n) is 13.4. The van der Waals surface area contributed by atoms with E-state index in [-0.39, 0.29) is 5.91 Å². The van der Waals surface area contributed by atoms with Crippen LogP contribution in [-0.4, -0.2) is 19.0 Å². The van der Waals surface area contributed by atoms with Gasteiger partial charge in [-0.2, -0.15) is 0 Å². The maximum atomic E-state index is 12.1. The van der Waals surface area contributed by atoms with Gasteiger partial charge in [0.05, 0.1) is 0 Å². The van der Waals surface area contributed by atoms with Gasteiger partial charge in [0.2, 0.25) is 0 Å². The largest absolute Gasteiger partial charge is 0.384 e.